The fourth-order valence-electron chi connectivity index (χ4n) is 2.95. The number of nitrogens with zero attached hydrogens (tertiary/aromatic N) is 3. The third-order valence-corrected chi connectivity index (χ3v) is 4.96. The zero-order chi connectivity index (χ0) is 18.7. The van der Waals surface area contributed by atoms with Gasteiger partial charge in [-0.25, -0.2) is 0 Å². The molecule has 1 amide bonds. The average molecular weight is 376 g/mol. The Balaban J connectivity index is 1.63. The first-order valence-corrected chi connectivity index (χ1v) is 8.98. The molecule has 2 atom stereocenters. The number of aryl methyl sites for hydroxylation is 1. The zero-order valence-electron chi connectivity index (χ0n) is 14.5. The molecule has 0 unspecified atom stereocenters. The largest absolute Gasteiger partial charge is 0.468 e. The van der Waals surface area contributed by atoms with Crippen LogP contribution in [0.15, 0.2) is 24.3 Å². The Morgan fingerprint density at radius 2 is 2.08 bits per heavy atom. The second kappa shape index (κ2) is 7.90. The van der Waals surface area contributed by atoms with E-state index in [1.807, 2.05) is 24.0 Å². The van der Waals surface area contributed by atoms with Crippen LogP contribution in [0.5, 0.6) is 0 Å². The number of methoxy groups -OCH3 is 1. The molecule has 1 aliphatic heterocycles. The van der Waals surface area contributed by atoms with E-state index in [-0.39, 0.29) is 11.9 Å². The van der Waals surface area contributed by atoms with Gasteiger partial charge in [-0.05, 0) is 24.6 Å². The fourth-order valence-corrected chi connectivity index (χ4v) is 3.53. The van der Waals surface area contributed by atoms with E-state index in [0.29, 0.717) is 30.2 Å². The second-order valence-corrected chi connectivity index (χ2v) is 7.32. The highest BCUT2D eigenvalue weighted by atomic mass is 32.1. The van der Waals surface area contributed by atoms with Crippen molar-refractivity contribution in [3.8, 4) is 0 Å². The molecular formula is C17H20N4O4S. The Bertz CT molecular complexity index is 792. The summed E-state index contributed by atoms with van der Waals surface area (Å²) in [5.41, 5.74) is 1.45. The van der Waals surface area contributed by atoms with Crippen LogP contribution < -0.4 is 5.32 Å². The van der Waals surface area contributed by atoms with Crippen molar-refractivity contribution < 1.29 is 19.4 Å². The predicted molar refractivity (Wildman–Crippen MR) is 95.9 cm³/mol. The molecule has 3 rings (SSSR count). The monoisotopic (exact) mass is 376 g/mol. The molecule has 2 N–H and O–H groups in total. The van der Waals surface area contributed by atoms with Crippen molar-refractivity contribution in [2.75, 3.05) is 19.0 Å². The quantitative estimate of drug-likeness (QED) is 0.756. The number of aliphatic hydroxyl groups is 1. The number of carbonyl (C=O) groups is 2. The maximum Gasteiger partial charge on any atom is 0.323 e. The number of ether oxygens (including phenoxy) is 1. The Morgan fingerprint density at radius 1 is 1.35 bits per heavy atom. The van der Waals surface area contributed by atoms with Crippen molar-refractivity contribution in [2.45, 2.75) is 32.0 Å². The minimum absolute atomic E-state index is 0.253. The molecule has 8 nitrogen and oxygen atoms in total. The molecule has 26 heavy (non-hydrogen) atoms. The summed E-state index contributed by atoms with van der Waals surface area (Å²) in [4.78, 5) is 26.0. The standard InChI is InChI=1S/C17H20N4O4S/c1-10-19-20-17(26-10)18-15(23)12-5-3-11(4-6-12)8-21-9-13(22)7-14(21)16(24)25-2/h3-6,13-14,22H,7-9H2,1-2H3,(H,18,20,23)/t13-,14+/m1/s1. The highest BCUT2D eigenvalue weighted by Gasteiger charge is 2.36. The number of anilines is 1. The first kappa shape index (κ1) is 18.4. The number of benzene rings is 1. The molecule has 2 heterocycles. The lowest BCUT2D eigenvalue weighted by molar-refractivity contribution is -0.146. The van der Waals surface area contributed by atoms with Crippen LogP contribution in [-0.4, -0.2) is 57.9 Å². The Labute approximate surface area is 154 Å². The first-order valence-electron chi connectivity index (χ1n) is 8.16. The minimum atomic E-state index is -0.542. The average Bonchev–Trinajstić information content (AvgIpc) is 3.20. The SMILES string of the molecule is COC(=O)[C@@H]1C[C@@H](O)CN1Cc1ccc(C(=O)Nc2nnc(C)s2)cc1. The maximum absolute atomic E-state index is 12.2. The number of aliphatic hydroxyl groups excluding tert-OH is 1. The van der Waals surface area contributed by atoms with Crippen molar-refractivity contribution in [3.63, 3.8) is 0 Å². The van der Waals surface area contributed by atoms with Gasteiger partial charge >= 0.3 is 5.97 Å². The van der Waals surface area contributed by atoms with Gasteiger partial charge < -0.3 is 9.84 Å². The van der Waals surface area contributed by atoms with Crippen LogP contribution in [0.3, 0.4) is 0 Å². The van der Waals surface area contributed by atoms with E-state index >= 15 is 0 Å². The lowest BCUT2D eigenvalue weighted by Gasteiger charge is -2.22. The molecule has 2 aromatic rings. The molecule has 0 spiro atoms. The van der Waals surface area contributed by atoms with Gasteiger partial charge in [-0.3, -0.25) is 19.8 Å². The summed E-state index contributed by atoms with van der Waals surface area (Å²) >= 11 is 1.31. The molecule has 1 aromatic carbocycles. The summed E-state index contributed by atoms with van der Waals surface area (Å²) in [6.45, 7) is 2.73. The number of hydrogen-bond donors (Lipinski definition) is 2. The molecule has 1 saturated heterocycles. The number of β-amino-alcohol motifs (C(OH)–C–C–N with tert-alkyl or cyclic N) is 1. The van der Waals surface area contributed by atoms with Crippen molar-refractivity contribution in [1.82, 2.24) is 15.1 Å². The first-order chi connectivity index (χ1) is 12.5. The van der Waals surface area contributed by atoms with Gasteiger partial charge in [-0.1, -0.05) is 23.5 Å². The van der Waals surface area contributed by atoms with Gasteiger partial charge in [0.1, 0.15) is 11.0 Å². The molecule has 1 aliphatic rings. The van der Waals surface area contributed by atoms with E-state index in [9.17, 15) is 14.7 Å². The number of likely N-dealkylation sites (tertiary alicyclic amines) is 1. The second-order valence-electron chi connectivity index (χ2n) is 6.14. The number of rotatable bonds is 5. The summed E-state index contributed by atoms with van der Waals surface area (Å²) in [6.07, 6.45) is -0.173. The van der Waals surface area contributed by atoms with Gasteiger partial charge in [0.25, 0.3) is 5.91 Å². The van der Waals surface area contributed by atoms with Crippen molar-refractivity contribution in [1.29, 1.82) is 0 Å². The van der Waals surface area contributed by atoms with Crippen molar-refractivity contribution in [3.05, 3.63) is 40.4 Å². The topological polar surface area (TPSA) is 105 Å². The van der Waals surface area contributed by atoms with Gasteiger partial charge in [-0.15, -0.1) is 10.2 Å². The molecule has 9 heteroatoms. The third kappa shape index (κ3) is 4.24. The number of hydrogen-bond acceptors (Lipinski definition) is 8. The molecule has 0 radical (unpaired) electrons. The predicted octanol–water partition coefficient (Wildman–Crippen LogP) is 1.21. The van der Waals surface area contributed by atoms with Crippen LogP contribution in [0.2, 0.25) is 0 Å². The van der Waals surface area contributed by atoms with E-state index in [2.05, 4.69) is 15.5 Å². The lowest BCUT2D eigenvalue weighted by Crippen LogP contribution is -2.36. The van der Waals surface area contributed by atoms with E-state index in [4.69, 9.17) is 4.74 Å². The summed E-state index contributed by atoms with van der Waals surface area (Å²) in [5, 5.41) is 21.5. The number of esters is 1. The summed E-state index contributed by atoms with van der Waals surface area (Å²) in [6, 6.07) is 6.66. The van der Waals surface area contributed by atoms with Gasteiger partial charge in [0.15, 0.2) is 0 Å². The maximum atomic E-state index is 12.2. The Hall–Kier alpha value is -2.36. The van der Waals surface area contributed by atoms with Gasteiger partial charge in [0.2, 0.25) is 5.13 Å². The number of aromatic nitrogens is 2. The molecular weight excluding hydrogens is 356 g/mol. The smallest absolute Gasteiger partial charge is 0.323 e. The Kier molecular flexibility index (Phi) is 5.60. The van der Waals surface area contributed by atoms with Crippen LogP contribution in [0.25, 0.3) is 0 Å². The van der Waals surface area contributed by atoms with Crippen molar-refractivity contribution >= 4 is 28.3 Å². The van der Waals surface area contributed by atoms with Crippen LogP contribution >= 0.6 is 11.3 Å². The van der Waals surface area contributed by atoms with Crippen LogP contribution in [0.4, 0.5) is 5.13 Å². The van der Waals surface area contributed by atoms with Crippen molar-refractivity contribution in [2.24, 2.45) is 0 Å². The van der Waals surface area contributed by atoms with Gasteiger partial charge in [0, 0.05) is 25.1 Å². The summed E-state index contributed by atoms with van der Waals surface area (Å²) < 4.78 is 4.80. The van der Waals surface area contributed by atoms with Crippen LogP contribution in [-0.2, 0) is 16.1 Å². The molecule has 0 bridgehead atoms. The number of amides is 1. The minimum Gasteiger partial charge on any atom is -0.468 e. The highest BCUT2D eigenvalue weighted by Crippen LogP contribution is 2.22. The normalized spacial score (nSPS) is 20.1. The van der Waals surface area contributed by atoms with E-state index < -0.39 is 12.1 Å². The zero-order valence-corrected chi connectivity index (χ0v) is 15.3. The van der Waals surface area contributed by atoms with E-state index in [1.54, 1.807) is 12.1 Å². The fraction of sp³-hybridized carbons (Fsp3) is 0.412. The number of carbonyl (C=O) groups excluding carboxylic acids is 2. The van der Waals surface area contributed by atoms with Crippen LogP contribution in [0, 0.1) is 6.92 Å². The molecule has 1 fully saturated rings. The van der Waals surface area contributed by atoms with E-state index in [0.717, 1.165) is 10.6 Å². The molecule has 1 aromatic heterocycles. The Morgan fingerprint density at radius 3 is 2.69 bits per heavy atom. The highest BCUT2D eigenvalue weighted by molar-refractivity contribution is 7.15. The molecule has 138 valence electrons. The number of nitrogens with one attached hydrogen (secondary N) is 1. The summed E-state index contributed by atoms with van der Waals surface area (Å²) in [5.74, 6) is -0.596. The van der Waals surface area contributed by atoms with E-state index in [1.165, 1.54) is 18.4 Å². The van der Waals surface area contributed by atoms with Gasteiger partial charge in [-0.2, -0.15) is 0 Å². The molecule has 0 aliphatic carbocycles. The summed E-state index contributed by atoms with van der Waals surface area (Å²) in [7, 11) is 1.35. The lowest BCUT2D eigenvalue weighted by atomic mass is 10.1. The van der Waals surface area contributed by atoms with Gasteiger partial charge in [0.05, 0.1) is 13.2 Å². The third-order valence-electron chi connectivity index (χ3n) is 4.20. The molecule has 0 saturated carbocycles. The van der Waals surface area contributed by atoms with Crippen LogP contribution in [0.1, 0.15) is 27.3 Å².